The number of carbonyl (C=O) groups is 1. The molecule has 2 aromatic carbocycles. The lowest BCUT2D eigenvalue weighted by Crippen LogP contribution is -2.32. The van der Waals surface area contributed by atoms with Crippen LogP contribution in [0.4, 0.5) is 0 Å². The van der Waals surface area contributed by atoms with Gasteiger partial charge in [-0.15, -0.1) is 11.8 Å². The Morgan fingerprint density at radius 3 is 2.84 bits per heavy atom. The summed E-state index contributed by atoms with van der Waals surface area (Å²) in [5.74, 6) is 0.704. The molecule has 2 aromatic rings. The van der Waals surface area contributed by atoms with Crippen LogP contribution in [0.2, 0.25) is 0 Å². The summed E-state index contributed by atoms with van der Waals surface area (Å²) >= 11 is 6.59. The lowest BCUT2D eigenvalue weighted by atomic mass is 10.1. The van der Waals surface area contributed by atoms with Gasteiger partial charge in [0.05, 0.1) is 5.75 Å². The van der Waals surface area contributed by atoms with Crippen molar-refractivity contribution < 1.29 is 4.79 Å². The molecule has 1 atom stereocenters. The number of thioether (sulfide) groups is 1. The van der Waals surface area contributed by atoms with Gasteiger partial charge in [0.25, 0.3) is 0 Å². The van der Waals surface area contributed by atoms with Crippen LogP contribution in [0.15, 0.2) is 42.5 Å². The summed E-state index contributed by atoms with van der Waals surface area (Å²) in [5, 5.41) is 4.14. The zero-order valence-electron chi connectivity index (χ0n) is 10.3. The maximum Gasteiger partial charge on any atom is 0.234 e. The molecule has 0 saturated carbocycles. The third-order valence-electron chi connectivity index (χ3n) is 3.29. The molecule has 0 spiro atoms. The van der Waals surface area contributed by atoms with E-state index >= 15 is 0 Å². The normalized spacial score (nSPS) is 19.1. The van der Waals surface area contributed by atoms with Crippen LogP contribution in [0, 0.1) is 0 Å². The topological polar surface area (TPSA) is 20.3 Å². The predicted octanol–water partition coefficient (Wildman–Crippen LogP) is 3.24. The lowest BCUT2D eigenvalue weighted by Gasteiger charge is -2.20. The Kier molecular flexibility index (Phi) is 3.53. The summed E-state index contributed by atoms with van der Waals surface area (Å²) in [4.78, 5) is 13.7. The number of carbonyl (C=O) groups excluding carboxylic acids is 1. The fourth-order valence-corrected chi connectivity index (χ4v) is 3.61. The van der Waals surface area contributed by atoms with Crippen molar-refractivity contribution in [3.05, 3.63) is 48.0 Å². The predicted molar refractivity (Wildman–Crippen MR) is 84.4 cm³/mol. The molecule has 4 heteroatoms. The van der Waals surface area contributed by atoms with E-state index in [1.54, 1.807) is 17.1 Å². The van der Waals surface area contributed by atoms with E-state index in [0.29, 0.717) is 12.3 Å². The summed E-state index contributed by atoms with van der Waals surface area (Å²) in [5.41, 5.74) is 1.15. The summed E-state index contributed by atoms with van der Waals surface area (Å²) in [6, 6.07) is 14.6. The number of rotatable bonds is 3. The molecule has 0 bridgehead atoms. The third-order valence-corrected chi connectivity index (χ3v) is 4.86. The molecule has 1 saturated heterocycles. The number of amides is 1. The van der Waals surface area contributed by atoms with Gasteiger partial charge in [-0.05, 0) is 22.4 Å². The molecule has 0 N–H and O–H groups in total. The van der Waals surface area contributed by atoms with Crippen LogP contribution in [-0.2, 0) is 11.3 Å². The van der Waals surface area contributed by atoms with Crippen molar-refractivity contribution in [2.24, 2.45) is 0 Å². The van der Waals surface area contributed by atoms with Crippen LogP contribution in [-0.4, -0.2) is 27.3 Å². The molecular weight excluding hydrogens is 274 g/mol. The number of fused-ring (bicyclic) bond motifs is 1. The van der Waals surface area contributed by atoms with E-state index in [-0.39, 0.29) is 11.3 Å². The lowest BCUT2D eigenvalue weighted by molar-refractivity contribution is -0.127. The van der Waals surface area contributed by atoms with Crippen LogP contribution >= 0.6 is 24.0 Å². The summed E-state index contributed by atoms with van der Waals surface area (Å²) < 4.78 is 0. The van der Waals surface area contributed by atoms with Crippen molar-refractivity contribution in [2.75, 3.05) is 5.75 Å². The quantitative estimate of drug-likeness (QED) is 0.808. The molecule has 19 heavy (non-hydrogen) atoms. The number of thiocarbonyl (C=S) groups is 1. The van der Waals surface area contributed by atoms with Crippen molar-refractivity contribution in [2.45, 2.75) is 11.9 Å². The zero-order chi connectivity index (χ0) is 13.2. The van der Waals surface area contributed by atoms with Gasteiger partial charge in [-0.25, -0.2) is 0 Å². The van der Waals surface area contributed by atoms with Crippen molar-refractivity contribution in [3.8, 4) is 0 Å². The Balaban J connectivity index is 1.88. The van der Waals surface area contributed by atoms with Gasteiger partial charge in [0.15, 0.2) is 0 Å². The SMILES string of the molecule is O=C1CSC(C=S)N1Cc1ccc2ccccc2c1. The Labute approximate surface area is 121 Å². The summed E-state index contributed by atoms with van der Waals surface area (Å²) in [7, 11) is 0. The van der Waals surface area contributed by atoms with Crippen LogP contribution < -0.4 is 0 Å². The molecule has 1 aliphatic rings. The molecule has 0 aliphatic carbocycles. The fourth-order valence-electron chi connectivity index (χ4n) is 2.30. The van der Waals surface area contributed by atoms with E-state index in [4.69, 9.17) is 12.2 Å². The van der Waals surface area contributed by atoms with E-state index in [2.05, 4.69) is 30.3 Å². The average Bonchev–Trinajstić information content (AvgIpc) is 2.79. The van der Waals surface area contributed by atoms with Crippen molar-refractivity contribution >= 4 is 46.0 Å². The summed E-state index contributed by atoms with van der Waals surface area (Å²) in [6.45, 7) is 0.633. The van der Waals surface area contributed by atoms with E-state index in [0.717, 1.165) is 5.56 Å². The van der Waals surface area contributed by atoms with Crippen molar-refractivity contribution in [1.29, 1.82) is 0 Å². The van der Waals surface area contributed by atoms with Crippen molar-refractivity contribution in [1.82, 2.24) is 4.90 Å². The minimum absolute atomic E-state index is 0.0361. The number of hydrogen-bond donors (Lipinski definition) is 0. The highest BCUT2D eigenvalue weighted by Gasteiger charge is 2.29. The van der Waals surface area contributed by atoms with Gasteiger partial charge in [-0.3, -0.25) is 4.79 Å². The standard InChI is InChI=1S/C15H13NOS2/c17-14-10-19-15(9-18)16(14)8-11-5-6-12-3-1-2-4-13(12)7-11/h1-7,9,15H,8,10H2. The van der Waals surface area contributed by atoms with Crippen LogP contribution in [0.25, 0.3) is 10.8 Å². The molecular formula is C15H13NOS2. The van der Waals surface area contributed by atoms with E-state index < -0.39 is 0 Å². The van der Waals surface area contributed by atoms with Crippen LogP contribution in [0.5, 0.6) is 0 Å². The van der Waals surface area contributed by atoms with Gasteiger partial charge in [0, 0.05) is 11.9 Å². The average molecular weight is 287 g/mol. The molecule has 96 valence electrons. The molecule has 0 aromatic heterocycles. The zero-order valence-corrected chi connectivity index (χ0v) is 11.9. The highest BCUT2D eigenvalue weighted by molar-refractivity contribution is 8.02. The first-order valence-corrected chi connectivity index (χ1v) is 7.64. The summed E-state index contributed by atoms with van der Waals surface area (Å²) in [6.07, 6.45) is 0. The van der Waals surface area contributed by atoms with E-state index in [9.17, 15) is 4.79 Å². The minimum atomic E-state index is 0.0361. The van der Waals surface area contributed by atoms with Gasteiger partial charge in [0.2, 0.25) is 5.91 Å². The van der Waals surface area contributed by atoms with Gasteiger partial charge in [0.1, 0.15) is 5.37 Å². The molecule has 0 radical (unpaired) electrons. The van der Waals surface area contributed by atoms with Gasteiger partial charge in [-0.2, -0.15) is 0 Å². The second-order valence-electron chi connectivity index (χ2n) is 4.54. The fraction of sp³-hybridized carbons (Fsp3) is 0.200. The van der Waals surface area contributed by atoms with E-state index in [1.165, 1.54) is 10.8 Å². The minimum Gasteiger partial charge on any atom is -0.321 e. The first-order valence-electron chi connectivity index (χ1n) is 6.12. The molecule has 2 nitrogen and oxygen atoms in total. The van der Waals surface area contributed by atoms with E-state index in [1.807, 2.05) is 17.0 Å². The first kappa shape index (κ1) is 12.6. The van der Waals surface area contributed by atoms with Crippen LogP contribution in [0.1, 0.15) is 5.56 Å². The Morgan fingerprint density at radius 1 is 1.26 bits per heavy atom. The maximum absolute atomic E-state index is 11.9. The number of hydrogen-bond acceptors (Lipinski definition) is 3. The van der Waals surface area contributed by atoms with Crippen LogP contribution in [0.3, 0.4) is 0 Å². The highest BCUT2D eigenvalue weighted by atomic mass is 32.2. The largest absolute Gasteiger partial charge is 0.321 e. The van der Waals surface area contributed by atoms with Gasteiger partial charge in [-0.1, -0.05) is 48.6 Å². The second-order valence-corrected chi connectivity index (χ2v) is 5.92. The monoisotopic (exact) mass is 287 g/mol. The molecule has 1 amide bonds. The number of benzene rings is 2. The highest BCUT2D eigenvalue weighted by Crippen LogP contribution is 2.26. The molecule has 3 rings (SSSR count). The molecule has 1 heterocycles. The smallest absolute Gasteiger partial charge is 0.234 e. The number of nitrogens with zero attached hydrogens (tertiary/aromatic N) is 1. The second kappa shape index (κ2) is 5.31. The Hall–Kier alpha value is -1.39. The Morgan fingerprint density at radius 2 is 2.05 bits per heavy atom. The van der Waals surface area contributed by atoms with Gasteiger partial charge >= 0.3 is 0 Å². The first-order chi connectivity index (χ1) is 9.28. The molecule has 1 unspecified atom stereocenters. The third kappa shape index (κ3) is 2.51. The van der Waals surface area contributed by atoms with Crippen molar-refractivity contribution in [3.63, 3.8) is 0 Å². The Bertz CT molecular complexity index is 641. The molecule has 1 fully saturated rings. The van der Waals surface area contributed by atoms with Gasteiger partial charge < -0.3 is 4.90 Å². The maximum atomic E-state index is 11.9. The molecule has 1 aliphatic heterocycles.